The van der Waals surface area contributed by atoms with Crippen LogP contribution in [0.25, 0.3) is 0 Å². The minimum atomic E-state index is -0.157. The Morgan fingerprint density at radius 2 is 2.19 bits per heavy atom. The third kappa shape index (κ3) is 4.69. The van der Waals surface area contributed by atoms with Crippen molar-refractivity contribution in [3.63, 3.8) is 0 Å². The molecule has 0 spiro atoms. The van der Waals surface area contributed by atoms with E-state index in [1.807, 2.05) is 43.5 Å². The van der Waals surface area contributed by atoms with E-state index in [4.69, 9.17) is 0 Å². The number of piperidine rings is 1. The highest BCUT2D eigenvalue weighted by atomic mass is 19.1. The summed E-state index contributed by atoms with van der Waals surface area (Å²) in [6, 6.07) is 7.12. The standard InChI is InChI=1S/C20H27FN4O/c1-23-13-16(12-22-23)9-10-20(26)24(2)18-7-5-11-25(15-18)14-17-6-3-4-8-19(17)21/h3-4,6,8,12-13,18H,5,7,9-11,14-15H2,1-2H3/t18-/m0/s1. The third-order valence-electron chi connectivity index (χ3n) is 5.16. The molecule has 0 unspecified atom stereocenters. The maximum Gasteiger partial charge on any atom is 0.222 e. The van der Waals surface area contributed by atoms with Gasteiger partial charge in [0.05, 0.1) is 6.20 Å². The first-order valence-electron chi connectivity index (χ1n) is 9.22. The Hall–Kier alpha value is -2.21. The van der Waals surface area contributed by atoms with Crippen LogP contribution in [-0.4, -0.2) is 51.7 Å². The van der Waals surface area contributed by atoms with Crippen LogP contribution in [0.1, 0.15) is 30.4 Å². The fourth-order valence-electron chi connectivity index (χ4n) is 3.59. The molecule has 5 nitrogen and oxygen atoms in total. The van der Waals surface area contributed by atoms with Crippen LogP contribution in [0.4, 0.5) is 4.39 Å². The van der Waals surface area contributed by atoms with Crippen LogP contribution in [-0.2, 0) is 24.8 Å². The van der Waals surface area contributed by atoms with Crippen LogP contribution in [0.15, 0.2) is 36.7 Å². The Bertz CT molecular complexity index is 745. The molecule has 1 aromatic carbocycles. The van der Waals surface area contributed by atoms with E-state index in [-0.39, 0.29) is 17.8 Å². The van der Waals surface area contributed by atoms with Crippen LogP contribution in [0.3, 0.4) is 0 Å². The smallest absolute Gasteiger partial charge is 0.222 e. The zero-order valence-electron chi connectivity index (χ0n) is 15.6. The topological polar surface area (TPSA) is 41.4 Å². The van der Waals surface area contributed by atoms with Gasteiger partial charge in [-0.3, -0.25) is 14.4 Å². The van der Waals surface area contributed by atoms with E-state index in [0.717, 1.165) is 37.1 Å². The lowest BCUT2D eigenvalue weighted by Crippen LogP contribution is -2.48. The molecule has 1 aromatic heterocycles. The zero-order valence-corrected chi connectivity index (χ0v) is 15.6. The Labute approximate surface area is 154 Å². The van der Waals surface area contributed by atoms with Crippen molar-refractivity contribution in [2.45, 2.75) is 38.3 Å². The molecule has 0 aliphatic carbocycles. The van der Waals surface area contributed by atoms with Crippen molar-refractivity contribution in [3.8, 4) is 0 Å². The predicted molar refractivity (Wildman–Crippen MR) is 99.0 cm³/mol. The minimum Gasteiger partial charge on any atom is -0.341 e. The highest BCUT2D eigenvalue weighted by Crippen LogP contribution is 2.19. The number of likely N-dealkylation sites (N-methyl/N-ethyl adjacent to an activating group) is 1. The molecule has 0 saturated carbocycles. The number of hydrogen-bond donors (Lipinski definition) is 0. The number of amides is 1. The summed E-state index contributed by atoms with van der Waals surface area (Å²) < 4.78 is 15.6. The van der Waals surface area contributed by atoms with Crippen LogP contribution in [0, 0.1) is 5.82 Å². The highest BCUT2D eigenvalue weighted by molar-refractivity contribution is 5.76. The van der Waals surface area contributed by atoms with E-state index in [0.29, 0.717) is 19.4 Å². The van der Waals surface area contributed by atoms with Gasteiger partial charge in [0.2, 0.25) is 5.91 Å². The van der Waals surface area contributed by atoms with E-state index in [9.17, 15) is 9.18 Å². The first-order chi connectivity index (χ1) is 12.5. The van der Waals surface area contributed by atoms with Gasteiger partial charge in [-0.1, -0.05) is 18.2 Å². The molecule has 1 fully saturated rings. The second-order valence-electron chi connectivity index (χ2n) is 7.15. The monoisotopic (exact) mass is 358 g/mol. The number of aryl methyl sites for hydroxylation is 2. The Morgan fingerprint density at radius 3 is 2.92 bits per heavy atom. The second kappa shape index (κ2) is 8.45. The van der Waals surface area contributed by atoms with Crippen LogP contribution in [0.5, 0.6) is 0 Å². The number of benzene rings is 1. The largest absolute Gasteiger partial charge is 0.341 e. The lowest BCUT2D eigenvalue weighted by molar-refractivity contribution is -0.133. The number of carbonyl (C=O) groups excluding carboxylic acids is 1. The molecule has 1 amide bonds. The molecular weight excluding hydrogens is 331 g/mol. The summed E-state index contributed by atoms with van der Waals surface area (Å²) in [6.45, 7) is 2.34. The maximum absolute atomic E-state index is 13.9. The van der Waals surface area contributed by atoms with Gasteiger partial charge in [0.15, 0.2) is 0 Å². The summed E-state index contributed by atoms with van der Waals surface area (Å²) >= 11 is 0. The Balaban J connectivity index is 1.52. The van der Waals surface area contributed by atoms with E-state index < -0.39 is 0 Å². The maximum atomic E-state index is 13.9. The van der Waals surface area contributed by atoms with Crippen LogP contribution in [0.2, 0.25) is 0 Å². The molecule has 1 saturated heterocycles. The minimum absolute atomic E-state index is 0.157. The van der Waals surface area contributed by atoms with Gasteiger partial charge in [0.25, 0.3) is 0 Å². The van der Waals surface area contributed by atoms with Gasteiger partial charge in [-0.15, -0.1) is 0 Å². The summed E-state index contributed by atoms with van der Waals surface area (Å²) in [4.78, 5) is 16.7. The lowest BCUT2D eigenvalue weighted by Gasteiger charge is -2.37. The second-order valence-corrected chi connectivity index (χ2v) is 7.15. The Morgan fingerprint density at radius 1 is 1.38 bits per heavy atom. The summed E-state index contributed by atoms with van der Waals surface area (Å²) in [7, 11) is 3.77. The first-order valence-corrected chi connectivity index (χ1v) is 9.22. The molecule has 6 heteroatoms. The zero-order chi connectivity index (χ0) is 18.5. The molecule has 2 heterocycles. The summed E-state index contributed by atoms with van der Waals surface area (Å²) in [6.07, 6.45) is 6.99. The van der Waals surface area contributed by atoms with Crippen molar-refractivity contribution in [1.82, 2.24) is 19.6 Å². The molecule has 2 aromatic rings. The summed E-state index contributed by atoms with van der Waals surface area (Å²) in [5.41, 5.74) is 1.80. The van der Waals surface area contributed by atoms with Gasteiger partial charge >= 0.3 is 0 Å². The third-order valence-corrected chi connectivity index (χ3v) is 5.16. The fourth-order valence-corrected chi connectivity index (χ4v) is 3.59. The Kier molecular flexibility index (Phi) is 6.04. The SMILES string of the molecule is CN(C(=O)CCc1cnn(C)c1)[C@H]1CCCN(Cc2ccccc2F)C1. The van der Waals surface area contributed by atoms with Crippen molar-refractivity contribution < 1.29 is 9.18 Å². The predicted octanol–water partition coefficient (Wildman–Crippen LogP) is 2.61. The van der Waals surface area contributed by atoms with Crippen LogP contribution < -0.4 is 0 Å². The number of nitrogens with zero attached hydrogens (tertiary/aromatic N) is 4. The van der Waals surface area contributed by atoms with Gasteiger partial charge in [-0.2, -0.15) is 5.10 Å². The molecule has 0 bridgehead atoms. The van der Waals surface area contributed by atoms with Crippen molar-refractivity contribution in [2.75, 3.05) is 20.1 Å². The van der Waals surface area contributed by atoms with Crippen molar-refractivity contribution in [3.05, 3.63) is 53.6 Å². The average molecular weight is 358 g/mol. The molecular formula is C20H27FN4O. The summed E-state index contributed by atoms with van der Waals surface area (Å²) in [5, 5.41) is 4.14. The average Bonchev–Trinajstić information content (AvgIpc) is 3.06. The fraction of sp³-hybridized carbons (Fsp3) is 0.500. The van der Waals surface area contributed by atoms with Gasteiger partial charge in [-0.25, -0.2) is 4.39 Å². The first kappa shape index (κ1) is 18.6. The van der Waals surface area contributed by atoms with E-state index in [1.54, 1.807) is 10.7 Å². The number of aromatic nitrogens is 2. The molecule has 1 aliphatic heterocycles. The van der Waals surface area contributed by atoms with Gasteiger partial charge in [0.1, 0.15) is 5.82 Å². The molecule has 1 aliphatic rings. The highest BCUT2D eigenvalue weighted by Gasteiger charge is 2.26. The van der Waals surface area contributed by atoms with E-state index in [1.165, 1.54) is 6.07 Å². The molecule has 0 N–H and O–H groups in total. The van der Waals surface area contributed by atoms with Crippen molar-refractivity contribution >= 4 is 5.91 Å². The molecule has 3 rings (SSSR count). The van der Waals surface area contributed by atoms with Gasteiger partial charge in [-0.05, 0) is 37.4 Å². The van der Waals surface area contributed by atoms with Crippen LogP contribution >= 0.6 is 0 Å². The van der Waals surface area contributed by atoms with Gasteiger partial charge < -0.3 is 4.90 Å². The molecule has 140 valence electrons. The van der Waals surface area contributed by atoms with E-state index in [2.05, 4.69) is 10.00 Å². The lowest BCUT2D eigenvalue weighted by atomic mass is 10.0. The van der Waals surface area contributed by atoms with Crippen molar-refractivity contribution in [2.24, 2.45) is 7.05 Å². The normalized spacial score (nSPS) is 18.0. The number of carbonyl (C=O) groups is 1. The van der Waals surface area contributed by atoms with Crippen molar-refractivity contribution in [1.29, 1.82) is 0 Å². The number of halogens is 1. The van der Waals surface area contributed by atoms with Gasteiger partial charge in [0, 0.05) is 51.4 Å². The molecule has 0 radical (unpaired) electrons. The quantitative estimate of drug-likeness (QED) is 0.797. The molecule has 1 atom stereocenters. The number of hydrogen-bond acceptors (Lipinski definition) is 3. The molecule has 26 heavy (non-hydrogen) atoms. The number of rotatable bonds is 6. The summed E-state index contributed by atoms with van der Waals surface area (Å²) in [5.74, 6) is 0.00196. The van der Waals surface area contributed by atoms with E-state index >= 15 is 0 Å². The number of likely N-dealkylation sites (tertiary alicyclic amines) is 1.